The van der Waals surface area contributed by atoms with Gasteiger partial charge in [0.25, 0.3) is 0 Å². The summed E-state index contributed by atoms with van der Waals surface area (Å²) in [7, 11) is 1.72. The lowest BCUT2D eigenvalue weighted by atomic mass is 10.2. The summed E-state index contributed by atoms with van der Waals surface area (Å²) < 4.78 is 5.47. The molecule has 1 amide bonds. The number of rotatable bonds is 8. The molecule has 0 radical (unpaired) electrons. The molecule has 3 N–H and O–H groups in total. The molecule has 0 saturated carbocycles. The Morgan fingerprint density at radius 1 is 1.35 bits per heavy atom. The Hall–Kier alpha value is -0.910. The van der Waals surface area contributed by atoms with Gasteiger partial charge in [-0.05, 0) is 17.9 Å². The third kappa shape index (κ3) is 7.77. The lowest BCUT2D eigenvalue weighted by molar-refractivity contribution is -0.120. The topological polar surface area (TPSA) is 78.0 Å². The van der Waals surface area contributed by atoms with Crippen LogP contribution in [0, 0.1) is 0 Å². The molecule has 2 heterocycles. The van der Waals surface area contributed by atoms with Crippen LogP contribution in [0.15, 0.2) is 22.5 Å². The number of nitrogens with zero attached hydrogens (tertiary/aromatic N) is 2. The van der Waals surface area contributed by atoms with Crippen molar-refractivity contribution in [2.45, 2.75) is 19.4 Å². The van der Waals surface area contributed by atoms with E-state index >= 15 is 0 Å². The van der Waals surface area contributed by atoms with Crippen LogP contribution >= 0.6 is 35.3 Å². The second-order valence-electron chi connectivity index (χ2n) is 5.84. The van der Waals surface area contributed by atoms with Gasteiger partial charge in [0, 0.05) is 38.1 Å². The van der Waals surface area contributed by atoms with Gasteiger partial charge in [0.15, 0.2) is 5.96 Å². The minimum Gasteiger partial charge on any atom is -0.379 e. The van der Waals surface area contributed by atoms with E-state index in [-0.39, 0.29) is 42.5 Å². The summed E-state index contributed by atoms with van der Waals surface area (Å²) in [6.45, 7) is 7.08. The average Bonchev–Trinajstić information content (AvgIpc) is 3.18. The van der Waals surface area contributed by atoms with E-state index in [9.17, 15) is 4.79 Å². The maximum atomic E-state index is 11.7. The number of morpholine rings is 1. The molecule has 0 aliphatic carbocycles. The van der Waals surface area contributed by atoms with Crippen molar-refractivity contribution in [1.82, 2.24) is 20.9 Å². The van der Waals surface area contributed by atoms with Crippen molar-refractivity contribution in [2.75, 3.05) is 53.0 Å². The van der Waals surface area contributed by atoms with Gasteiger partial charge in [-0.25, -0.2) is 0 Å². The van der Waals surface area contributed by atoms with Crippen molar-refractivity contribution in [2.24, 2.45) is 4.99 Å². The third-order valence-electron chi connectivity index (χ3n) is 4.03. The monoisotopic (exact) mass is 495 g/mol. The molecule has 1 aromatic heterocycles. The van der Waals surface area contributed by atoms with Crippen molar-refractivity contribution in [3.63, 3.8) is 0 Å². The summed E-state index contributed by atoms with van der Waals surface area (Å²) in [5.74, 6) is 0.620. The number of amides is 1. The number of hydrogen-bond donors (Lipinski definition) is 3. The highest BCUT2D eigenvalue weighted by Gasteiger charge is 2.23. The molecule has 1 atom stereocenters. The number of guanidine groups is 1. The van der Waals surface area contributed by atoms with Crippen molar-refractivity contribution < 1.29 is 9.53 Å². The summed E-state index contributed by atoms with van der Waals surface area (Å²) >= 11 is 1.76. The number of hydrogen-bond acceptors (Lipinski definition) is 5. The Bertz CT molecular complexity index is 535. The number of aliphatic imine (C=N–C) groups is 1. The average molecular weight is 495 g/mol. The first-order valence-electron chi connectivity index (χ1n) is 8.81. The first-order chi connectivity index (χ1) is 12.2. The van der Waals surface area contributed by atoms with Gasteiger partial charge in [0.2, 0.25) is 5.91 Å². The van der Waals surface area contributed by atoms with Gasteiger partial charge < -0.3 is 20.7 Å². The van der Waals surface area contributed by atoms with Crippen LogP contribution in [0.1, 0.15) is 24.3 Å². The lowest BCUT2D eigenvalue weighted by Gasteiger charge is -2.34. The van der Waals surface area contributed by atoms with Crippen LogP contribution in [-0.4, -0.2) is 69.8 Å². The lowest BCUT2D eigenvalue weighted by Crippen LogP contribution is -2.47. The molecular formula is C17H30IN5O2S. The number of thiophene rings is 1. The molecule has 26 heavy (non-hydrogen) atoms. The van der Waals surface area contributed by atoms with Crippen molar-refractivity contribution in [3.05, 3.63) is 22.4 Å². The van der Waals surface area contributed by atoms with E-state index in [1.807, 2.05) is 6.92 Å². The molecule has 7 nitrogen and oxygen atoms in total. The van der Waals surface area contributed by atoms with E-state index in [1.165, 1.54) is 4.88 Å². The number of ether oxygens (including phenoxy) is 1. The van der Waals surface area contributed by atoms with Gasteiger partial charge >= 0.3 is 0 Å². The molecule has 1 fully saturated rings. The van der Waals surface area contributed by atoms with Crippen LogP contribution in [0.4, 0.5) is 0 Å². The van der Waals surface area contributed by atoms with Gasteiger partial charge in [-0.3, -0.25) is 14.7 Å². The minimum atomic E-state index is -0.0206. The predicted molar refractivity (Wildman–Crippen MR) is 118 cm³/mol. The Kier molecular flexibility index (Phi) is 11.8. The summed E-state index contributed by atoms with van der Waals surface area (Å²) in [6.07, 6.45) is 0.931. The van der Waals surface area contributed by atoms with Crippen LogP contribution in [0.3, 0.4) is 0 Å². The first kappa shape index (κ1) is 23.1. The van der Waals surface area contributed by atoms with Crippen molar-refractivity contribution in [3.8, 4) is 0 Å². The van der Waals surface area contributed by atoms with E-state index in [0.29, 0.717) is 12.5 Å². The molecule has 2 rings (SSSR count). The molecule has 1 aliphatic rings. The Labute approximate surface area is 177 Å². The molecule has 1 aliphatic heterocycles. The summed E-state index contributed by atoms with van der Waals surface area (Å²) in [4.78, 5) is 19.7. The number of carbonyl (C=O) groups excluding carboxylic acids is 1. The minimum absolute atomic E-state index is 0. The fraction of sp³-hybridized carbons (Fsp3) is 0.647. The molecular weight excluding hydrogens is 465 g/mol. The van der Waals surface area contributed by atoms with Crippen LogP contribution in [0.2, 0.25) is 0 Å². The summed E-state index contributed by atoms with van der Waals surface area (Å²) in [5.41, 5.74) is 0. The van der Waals surface area contributed by atoms with Gasteiger partial charge in [0.1, 0.15) is 0 Å². The zero-order valence-corrected chi connectivity index (χ0v) is 18.6. The highest BCUT2D eigenvalue weighted by atomic mass is 127. The highest BCUT2D eigenvalue weighted by Crippen LogP contribution is 2.25. The van der Waals surface area contributed by atoms with Crippen LogP contribution in [0.5, 0.6) is 0 Å². The van der Waals surface area contributed by atoms with Gasteiger partial charge in [-0.2, -0.15) is 0 Å². The Balaban J connectivity index is 0.00000338. The second-order valence-corrected chi connectivity index (χ2v) is 6.82. The molecule has 9 heteroatoms. The summed E-state index contributed by atoms with van der Waals surface area (Å²) in [5, 5.41) is 11.4. The molecule has 148 valence electrons. The zero-order valence-electron chi connectivity index (χ0n) is 15.5. The van der Waals surface area contributed by atoms with E-state index in [4.69, 9.17) is 4.74 Å². The zero-order chi connectivity index (χ0) is 17.9. The number of nitrogens with one attached hydrogen (secondary N) is 3. The standard InChI is InChI=1S/C17H29N5O2S.HI/c1-3-6-19-16(23)13-21-17(18-2)20-12-14(15-5-4-11-25-15)22-7-9-24-10-8-22;/h4-5,11,14H,3,6-10,12-13H2,1-2H3,(H,19,23)(H2,18,20,21);1H. The maximum absolute atomic E-state index is 11.7. The van der Waals surface area contributed by atoms with Crippen LogP contribution in [0.25, 0.3) is 0 Å². The van der Waals surface area contributed by atoms with Crippen LogP contribution in [-0.2, 0) is 9.53 Å². The smallest absolute Gasteiger partial charge is 0.239 e. The van der Waals surface area contributed by atoms with E-state index < -0.39 is 0 Å². The number of carbonyl (C=O) groups is 1. The Morgan fingerprint density at radius 3 is 2.73 bits per heavy atom. The molecule has 0 bridgehead atoms. The second kappa shape index (κ2) is 13.3. The van der Waals surface area contributed by atoms with Crippen molar-refractivity contribution in [1.29, 1.82) is 0 Å². The first-order valence-corrected chi connectivity index (χ1v) is 9.69. The highest BCUT2D eigenvalue weighted by molar-refractivity contribution is 14.0. The SMILES string of the molecule is CCCNC(=O)CNC(=NC)NCC(c1cccs1)N1CCOCC1.I. The fourth-order valence-electron chi connectivity index (χ4n) is 2.68. The van der Waals surface area contributed by atoms with Gasteiger partial charge in [-0.15, -0.1) is 35.3 Å². The third-order valence-corrected chi connectivity index (χ3v) is 5.01. The van der Waals surface area contributed by atoms with E-state index in [1.54, 1.807) is 18.4 Å². The van der Waals surface area contributed by atoms with E-state index in [2.05, 4.69) is 43.4 Å². The fourth-order valence-corrected chi connectivity index (χ4v) is 3.55. The van der Waals surface area contributed by atoms with Gasteiger partial charge in [0.05, 0.1) is 25.8 Å². The predicted octanol–water partition coefficient (Wildman–Crippen LogP) is 1.43. The van der Waals surface area contributed by atoms with Gasteiger partial charge in [-0.1, -0.05) is 13.0 Å². The van der Waals surface area contributed by atoms with E-state index in [0.717, 1.165) is 39.3 Å². The quantitative estimate of drug-likeness (QED) is 0.289. The number of halogens is 1. The molecule has 1 aromatic rings. The maximum Gasteiger partial charge on any atom is 0.239 e. The summed E-state index contributed by atoms with van der Waals surface area (Å²) in [6, 6.07) is 4.52. The Morgan fingerprint density at radius 2 is 2.12 bits per heavy atom. The van der Waals surface area contributed by atoms with Crippen LogP contribution < -0.4 is 16.0 Å². The normalized spacial score (nSPS) is 16.5. The molecule has 1 unspecified atom stereocenters. The molecule has 0 aromatic carbocycles. The molecule has 1 saturated heterocycles. The molecule has 0 spiro atoms. The largest absolute Gasteiger partial charge is 0.379 e. The van der Waals surface area contributed by atoms with Crippen molar-refractivity contribution >= 4 is 47.2 Å².